The summed E-state index contributed by atoms with van der Waals surface area (Å²) in [4.78, 5) is 12.4. The van der Waals surface area contributed by atoms with Crippen LogP contribution in [-0.2, 0) is 14.3 Å². The van der Waals surface area contributed by atoms with Crippen molar-refractivity contribution in [3.05, 3.63) is 12.2 Å². The maximum Gasteiger partial charge on any atom is 0.449 e. The average molecular weight is 612 g/mol. The zero-order valence-corrected chi connectivity index (χ0v) is 20.5. The molecule has 40 heavy (non-hydrogen) atoms. The summed E-state index contributed by atoms with van der Waals surface area (Å²) in [7, 11) is 0. The van der Waals surface area contributed by atoms with Crippen molar-refractivity contribution in [1.29, 1.82) is 0 Å². The Labute approximate surface area is 218 Å². The standard InChI is InChI=1S/C23H25F13O4/c1-12(18(24,25)26)15(37)39-16(13-8-4-2-5-9-13)19(27,28)17(22(31,32)33,14-10-6-3-7-11-14)40-21(38,20(16,29)30)23(34,35)36/h13-14,38H,1-11H2. The second kappa shape index (κ2) is 9.90. The van der Waals surface area contributed by atoms with Gasteiger partial charge in [0.1, 0.15) is 5.57 Å². The first-order valence-corrected chi connectivity index (χ1v) is 12.3. The van der Waals surface area contributed by atoms with Crippen LogP contribution in [0.5, 0.6) is 0 Å². The van der Waals surface area contributed by atoms with E-state index in [0.29, 0.717) is 0 Å². The summed E-state index contributed by atoms with van der Waals surface area (Å²) in [5.74, 6) is -28.0. The summed E-state index contributed by atoms with van der Waals surface area (Å²) in [6.07, 6.45) is -24.3. The number of alkyl halides is 13. The summed E-state index contributed by atoms with van der Waals surface area (Å²) in [5.41, 5.74) is -13.9. The van der Waals surface area contributed by atoms with Crippen LogP contribution in [-0.4, -0.2) is 58.4 Å². The van der Waals surface area contributed by atoms with E-state index in [9.17, 15) is 49.4 Å². The van der Waals surface area contributed by atoms with Crippen LogP contribution in [0.3, 0.4) is 0 Å². The lowest BCUT2D eigenvalue weighted by Gasteiger charge is -2.64. The molecule has 3 unspecified atom stereocenters. The van der Waals surface area contributed by atoms with Gasteiger partial charge in [0.2, 0.25) is 5.60 Å². The van der Waals surface area contributed by atoms with Crippen LogP contribution in [0, 0.1) is 11.8 Å². The number of ether oxygens (including phenoxy) is 2. The highest BCUT2D eigenvalue weighted by atomic mass is 19.4. The molecule has 4 nitrogen and oxygen atoms in total. The van der Waals surface area contributed by atoms with Crippen LogP contribution >= 0.6 is 0 Å². The highest BCUT2D eigenvalue weighted by Crippen LogP contribution is 2.71. The van der Waals surface area contributed by atoms with E-state index in [1.54, 1.807) is 0 Å². The van der Waals surface area contributed by atoms with Crippen molar-refractivity contribution in [2.45, 2.75) is 112 Å². The number of halogens is 13. The van der Waals surface area contributed by atoms with E-state index < -0.39 is 96.4 Å². The molecule has 0 aromatic heterocycles. The SMILES string of the molecule is C=C(C(=O)OC1(C2CCCCC2)C(F)(F)C(O)(C(F)(F)F)OC(C2CCCCC2)(C(F)(F)F)C1(F)F)C(F)(F)F. The van der Waals surface area contributed by atoms with E-state index in [1.165, 1.54) is 0 Å². The molecule has 1 saturated heterocycles. The van der Waals surface area contributed by atoms with Crippen LogP contribution in [0.25, 0.3) is 0 Å². The van der Waals surface area contributed by atoms with Crippen LogP contribution < -0.4 is 0 Å². The molecule has 0 radical (unpaired) electrons. The first-order chi connectivity index (χ1) is 18.0. The van der Waals surface area contributed by atoms with Gasteiger partial charge in [-0.15, -0.1) is 0 Å². The quantitative estimate of drug-likeness (QED) is 0.204. The highest BCUT2D eigenvalue weighted by Gasteiger charge is 2.98. The van der Waals surface area contributed by atoms with Crippen molar-refractivity contribution in [1.82, 2.24) is 0 Å². The minimum atomic E-state index is -6.94. The zero-order chi connectivity index (χ0) is 30.8. The molecule has 3 fully saturated rings. The highest BCUT2D eigenvalue weighted by molar-refractivity contribution is 5.89. The van der Waals surface area contributed by atoms with Gasteiger partial charge in [-0.1, -0.05) is 45.1 Å². The first kappa shape index (κ1) is 32.7. The van der Waals surface area contributed by atoms with Crippen LogP contribution in [0.4, 0.5) is 57.1 Å². The largest absolute Gasteiger partial charge is 0.449 e. The third kappa shape index (κ3) is 4.39. The summed E-state index contributed by atoms with van der Waals surface area (Å²) >= 11 is 0. The Morgan fingerprint density at radius 3 is 1.52 bits per heavy atom. The Kier molecular flexibility index (Phi) is 8.10. The Morgan fingerprint density at radius 1 is 0.725 bits per heavy atom. The Balaban J connectivity index is 2.50. The van der Waals surface area contributed by atoms with Gasteiger partial charge >= 0.3 is 42.1 Å². The summed E-state index contributed by atoms with van der Waals surface area (Å²) in [6.45, 7) is 2.20. The number of hydrogen-bond donors (Lipinski definition) is 1. The Morgan fingerprint density at radius 2 is 1.15 bits per heavy atom. The predicted molar refractivity (Wildman–Crippen MR) is 108 cm³/mol. The van der Waals surface area contributed by atoms with Crippen molar-refractivity contribution in [2.75, 3.05) is 0 Å². The summed E-state index contributed by atoms with van der Waals surface area (Å²) < 4.78 is 199. The third-order valence-electron chi connectivity index (χ3n) is 8.14. The van der Waals surface area contributed by atoms with E-state index in [-0.39, 0.29) is 38.5 Å². The van der Waals surface area contributed by atoms with Gasteiger partial charge in [0, 0.05) is 11.8 Å². The van der Waals surface area contributed by atoms with Gasteiger partial charge in [-0.25, -0.2) is 4.79 Å². The minimum Gasteiger partial charge on any atom is -0.442 e. The first-order valence-electron chi connectivity index (χ1n) is 12.3. The van der Waals surface area contributed by atoms with E-state index in [2.05, 4.69) is 16.1 Å². The van der Waals surface area contributed by atoms with E-state index in [0.717, 1.165) is 0 Å². The molecule has 0 spiro atoms. The number of carbonyl (C=O) groups excluding carboxylic acids is 1. The normalized spacial score (nSPS) is 34.4. The van der Waals surface area contributed by atoms with Crippen molar-refractivity contribution < 1.29 is 76.5 Å². The number of rotatable bonds is 4. The van der Waals surface area contributed by atoms with Gasteiger partial charge in [0.05, 0.1) is 0 Å². The molecule has 0 bridgehead atoms. The summed E-state index contributed by atoms with van der Waals surface area (Å²) in [5, 5.41) is 10.3. The average Bonchev–Trinajstić information content (AvgIpc) is 2.82. The number of aliphatic hydroxyl groups is 1. The lowest BCUT2D eigenvalue weighted by atomic mass is 9.58. The number of esters is 1. The summed E-state index contributed by atoms with van der Waals surface area (Å²) in [6, 6.07) is 0. The molecule has 3 aliphatic rings. The van der Waals surface area contributed by atoms with Gasteiger partial charge in [-0.05, 0) is 25.7 Å². The molecular formula is C23H25F13O4. The Bertz CT molecular complexity index is 977. The molecule has 0 aromatic rings. The molecule has 3 atom stereocenters. The second-order valence-corrected chi connectivity index (χ2v) is 10.4. The van der Waals surface area contributed by atoms with Gasteiger partial charge in [-0.2, -0.15) is 57.1 Å². The maximum absolute atomic E-state index is 16.7. The van der Waals surface area contributed by atoms with E-state index in [1.807, 2.05) is 0 Å². The fourth-order valence-electron chi connectivity index (χ4n) is 6.19. The molecule has 0 aromatic carbocycles. The second-order valence-electron chi connectivity index (χ2n) is 10.4. The van der Waals surface area contributed by atoms with Crippen molar-refractivity contribution in [3.63, 3.8) is 0 Å². The lowest BCUT2D eigenvalue weighted by molar-refractivity contribution is -0.570. The van der Waals surface area contributed by atoms with Crippen molar-refractivity contribution >= 4 is 5.97 Å². The van der Waals surface area contributed by atoms with Gasteiger partial charge in [0.15, 0.2) is 0 Å². The van der Waals surface area contributed by atoms with Crippen molar-refractivity contribution in [2.24, 2.45) is 11.8 Å². The monoisotopic (exact) mass is 612 g/mol. The van der Waals surface area contributed by atoms with Gasteiger partial charge < -0.3 is 14.6 Å². The number of hydrogen-bond acceptors (Lipinski definition) is 4. The molecule has 17 heteroatoms. The van der Waals surface area contributed by atoms with Gasteiger partial charge in [0.25, 0.3) is 5.60 Å². The van der Waals surface area contributed by atoms with Crippen LogP contribution in [0.1, 0.15) is 64.2 Å². The van der Waals surface area contributed by atoms with Crippen molar-refractivity contribution in [3.8, 4) is 0 Å². The molecule has 1 heterocycles. The molecule has 2 aliphatic carbocycles. The zero-order valence-electron chi connectivity index (χ0n) is 20.5. The van der Waals surface area contributed by atoms with E-state index >= 15 is 17.6 Å². The van der Waals surface area contributed by atoms with Gasteiger partial charge in [-0.3, -0.25) is 0 Å². The molecule has 2 saturated carbocycles. The molecular weight excluding hydrogens is 587 g/mol. The molecule has 1 N–H and O–H groups in total. The van der Waals surface area contributed by atoms with E-state index in [4.69, 9.17) is 0 Å². The molecule has 0 amide bonds. The molecule has 232 valence electrons. The predicted octanol–water partition coefficient (Wildman–Crippen LogP) is 7.40. The fourth-order valence-corrected chi connectivity index (χ4v) is 6.19. The number of carbonyl (C=O) groups is 1. The lowest BCUT2D eigenvalue weighted by Crippen LogP contribution is -2.90. The van der Waals surface area contributed by atoms with Crippen LogP contribution in [0.2, 0.25) is 0 Å². The molecule has 1 aliphatic heterocycles. The topological polar surface area (TPSA) is 55.8 Å². The maximum atomic E-state index is 16.7. The minimum absolute atomic E-state index is 0.0833. The van der Waals surface area contributed by atoms with Crippen LogP contribution in [0.15, 0.2) is 12.2 Å². The third-order valence-corrected chi connectivity index (χ3v) is 8.14. The molecule has 3 rings (SSSR count). The Hall–Kier alpha value is -1.78. The smallest absolute Gasteiger partial charge is 0.442 e. The fraction of sp³-hybridized carbons (Fsp3) is 0.870.